The zero-order valence-corrected chi connectivity index (χ0v) is 21.4. The summed E-state index contributed by atoms with van der Waals surface area (Å²) in [4.78, 5) is 25.9. The Balaban J connectivity index is 1.94. The van der Waals surface area contributed by atoms with Crippen molar-refractivity contribution in [2.75, 3.05) is 44.1 Å². The SMILES string of the molecule is C[C@H]1COCCN1c1nc(Cl)nc2c1CCN(C(=O)OC(C)(C)C)C2CCCOS(C)(=O)=O. The number of rotatable bonds is 6. The van der Waals surface area contributed by atoms with Crippen LogP contribution in [0, 0.1) is 0 Å². The zero-order valence-electron chi connectivity index (χ0n) is 19.8. The molecule has 0 aliphatic carbocycles. The summed E-state index contributed by atoms with van der Waals surface area (Å²) < 4.78 is 38.8. The number of carbonyl (C=O) groups excluding carboxylic acids is 1. The number of carbonyl (C=O) groups is 1. The second-order valence-electron chi connectivity index (χ2n) is 9.41. The number of aromatic nitrogens is 2. The lowest BCUT2D eigenvalue weighted by atomic mass is 9.94. The van der Waals surface area contributed by atoms with Gasteiger partial charge in [-0.25, -0.2) is 14.8 Å². The van der Waals surface area contributed by atoms with Crippen LogP contribution in [0.15, 0.2) is 0 Å². The van der Waals surface area contributed by atoms with Crippen molar-refractivity contribution in [1.29, 1.82) is 0 Å². The second kappa shape index (κ2) is 10.3. The number of amides is 1. The van der Waals surface area contributed by atoms with E-state index in [0.29, 0.717) is 51.3 Å². The number of hydrogen-bond donors (Lipinski definition) is 0. The molecule has 1 unspecified atom stereocenters. The van der Waals surface area contributed by atoms with E-state index in [0.717, 1.165) is 17.6 Å². The van der Waals surface area contributed by atoms with Gasteiger partial charge in [-0.3, -0.25) is 9.08 Å². The van der Waals surface area contributed by atoms with Crippen LogP contribution >= 0.6 is 11.6 Å². The molecular weight excluding hydrogens is 472 g/mol. The van der Waals surface area contributed by atoms with E-state index in [1.165, 1.54) is 0 Å². The molecule has 186 valence electrons. The summed E-state index contributed by atoms with van der Waals surface area (Å²) >= 11 is 6.35. The zero-order chi connectivity index (χ0) is 24.4. The lowest BCUT2D eigenvalue weighted by Crippen LogP contribution is -2.47. The van der Waals surface area contributed by atoms with E-state index in [2.05, 4.69) is 21.8 Å². The third-order valence-corrected chi connectivity index (χ3v) is 6.24. The van der Waals surface area contributed by atoms with Gasteiger partial charge in [0, 0.05) is 18.7 Å². The standard InChI is InChI=1S/C21H33ClN4O6S/c1-14-13-30-12-10-25(14)18-15-8-9-26(20(27)32-21(2,3)4)16(17(15)23-19(22)24-18)7-6-11-31-33(5,28)29/h14,16H,6-13H2,1-5H3/t14-,16?/m0/s1. The van der Waals surface area contributed by atoms with Crippen molar-refractivity contribution in [3.63, 3.8) is 0 Å². The molecule has 0 aromatic carbocycles. The molecule has 3 rings (SSSR count). The van der Waals surface area contributed by atoms with Gasteiger partial charge in [0.05, 0.1) is 43.9 Å². The first-order valence-electron chi connectivity index (χ1n) is 11.1. The van der Waals surface area contributed by atoms with Crippen molar-refractivity contribution in [3.8, 4) is 0 Å². The summed E-state index contributed by atoms with van der Waals surface area (Å²) in [5, 5.41) is 0.103. The van der Waals surface area contributed by atoms with Gasteiger partial charge < -0.3 is 14.4 Å². The van der Waals surface area contributed by atoms with Crippen LogP contribution in [-0.2, 0) is 30.2 Å². The number of hydrogen-bond acceptors (Lipinski definition) is 9. The molecule has 0 saturated carbocycles. The van der Waals surface area contributed by atoms with Crippen LogP contribution in [-0.4, -0.2) is 80.2 Å². The smallest absolute Gasteiger partial charge is 0.410 e. The largest absolute Gasteiger partial charge is 0.444 e. The molecule has 12 heteroatoms. The summed E-state index contributed by atoms with van der Waals surface area (Å²) in [6.45, 7) is 9.82. The molecule has 2 atom stereocenters. The Kier molecular flexibility index (Phi) is 8.08. The average molecular weight is 505 g/mol. The van der Waals surface area contributed by atoms with Crippen LogP contribution in [0.2, 0.25) is 5.28 Å². The Morgan fingerprint density at radius 2 is 2.00 bits per heavy atom. The minimum atomic E-state index is -3.55. The highest BCUT2D eigenvalue weighted by Gasteiger charge is 2.37. The van der Waals surface area contributed by atoms with Gasteiger partial charge in [-0.1, -0.05) is 0 Å². The van der Waals surface area contributed by atoms with Crippen LogP contribution in [0.4, 0.5) is 10.6 Å². The van der Waals surface area contributed by atoms with E-state index in [9.17, 15) is 13.2 Å². The van der Waals surface area contributed by atoms with Crippen molar-refractivity contribution in [1.82, 2.24) is 14.9 Å². The van der Waals surface area contributed by atoms with E-state index in [1.807, 2.05) is 20.8 Å². The van der Waals surface area contributed by atoms with Gasteiger partial charge in [0.2, 0.25) is 5.28 Å². The van der Waals surface area contributed by atoms with E-state index in [1.54, 1.807) is 4.90 Å². The van der Waals surface area contributed by atoms with Crippen LogP contribution in [0.5, 0.6) is 0 Å². The first-order valence-corrected chi connectivity index (χ1v) is 13.3. The highest BCUT2D eigenvalue weighted by Crippen LogP contribution is 2.38. The predicted molar refractivity (Wildman–Crippen MR) is 124 cm³/mol. The normalized spacial score (nSPS) is 21.6. The van der Waals surface area contributed by atoms with Crippen LogP contribution in [0.1, 0.15) is 57.8 Å². The van der Waals surface area contributed by atoms with Crippen molar-refractivity contribution < 1.29 is 26.9 Å². The fourth-order valence-corrected chi connectivity index (χ4v) is 4.70. The fraction of sp³-hybridized carbons (Fsp3) is 0.762. The summed E-state index contributed by atoms with van der Waals surface area (Å²) in [6.07, 6.45) is 1.97. The Labute approximate surface area is 200 Å². The highest BCUT2D eigenvalue weighted by molar-refractivity contribution is 7.85. The fourth-order valence-electron chi connectivity index (χ4n) is 4.11. The van der Waals surface area contributed by atoms with Gasteiger partial charge >= 0.3 is 6.09 Å². The summed E-state index contributed by atoms with van der Waals surface area (Å²) in [7, 11) is -3.55. The summed E-state index contributed by atoms with van der Waals surface area (Å²) in [6, 6.07) is -0.318. The molecule has 1 fully saturated rings. The Morgan fingerprint density at radius 1 is 1.27 bits per heavy atom. The lowest BCUT2D eigenvalue weighted by Gasteiger charge is -2.40. The van der Waals surface area contributed by atoms with Crippen molar-refractivity contribution in [2.45, 2.75) is 64.6 Å². The van der Waals surface area contributed by atoms with Crippen LogP contribution in [0.25, 0.3) is 0 Å². The van der Waals surface area contributed by atoms with E-state index in [4.69, 9.17) is 25.3 Å². The Bertz CT molecular complexity index is 968. The monoisotopic (exact) mass is 504 g/mol. The lowest BCUT2D eigenvalue weighted by molar-refractivity contribution is 0.0120. The van der Waals surface area contributed by atoms with E-state index >= 15 is 0 Å². The van der Waals surface area contributed by atoms with Gasteiger partial charge in [-0.05, 0) is 58.6 Å². The molecular formula is C21H33ClN4O6S. The molecule has 3 heterocycles. The van der Waals surface area contributed by atoms with Crippen LogP contribution in [0.3, 0.4) is 0 Å². The number of halogens is 1. The maximum atomic E-state index is 13.0. The topological polar surface area (TPSA) is 111 Å². The number of nitrogens with zero attached hydrogens (tertiary/aromatic N) is 4. The minimum absolute atomic E-state index is 0.0129. The maximum Gasteiger partial charge on any atom is 0.410 e. The molecule has 2 aliphatic rings. The molecule has 0 radical (unpaired) electrons. The molecule has 0 bridgehead atoms. The summed E-state index contributed by atoms with van der Waals surface area (Å²) in [5.41, 5.74) is 0.959. The van der Waals surface area contributed by atoms with Crippen molar-refractivity contribution >= 4 is 33.6 Å². The molecule has 0 spiro atoms. The summed E-state index contributed by atoms with van der Waals surface area (Å²) in [5.74, 6) is 0.766. The molecule has 2 aliphatic heterocycles. The molecule has 1 aromatic rings. The van der Waals surface area contributed by atoms with Crippen molar-refractivity contribution in [3.05, 3.63) is 16.5 Å². The first-order chi connectivity index (χ1) is 15.4. The maximum absolute atomic E-state index is 13.0. The van der Waals surface area contributed by atoms with Gasteiger partial charge in [-0.2, -0.15) is 8.42 Å². The molecule has 1 saturated heterocycles. The van der Waals surface area contributed by atoms with Gasteiger partial charge in [0.15, 0.2) is 0 Å². The van der Waals surface area contributed by atoms with Crippen molar-refractivity contribution in [2.24, 2.45) is 0 Å². The third-order valence-electron chi connectivity index (χ3n) is 5.47. The van der Waals surface area contributed by atoms with Gasteiger partial charge in [0.25, 0.3) is 10.1 Å². The number of anilines is 1. The van der Waals surface area contributed by atoms with Crippen LogP contribution < -0.4 is 4.90 Å². The van der Waals surface area contributed by atoms with Gasteiger partial charge in [-0.15, -0.1) is 0 Å². The first kappa shape index (κ1) is 25.9. The number of morpholine rings is 1. The molecule has 10 nitrogen and oxygen atoms in total. The molecule has 33 heavy (non-hydrogen) atoms. The average Bonchev–Trinajstić information content (AvgIpc) is 2.69. The van der Waals surface area contributed by atoms with E-state index in [-0.39, 0.29) is 17.9 Å². The minimum Gasteiger partial charge on any atom is -0.444 e. The molecule has 0 N–H and O–H groups in total. The number of fused-ring (bicyclic) bond motifs is 1. The third kappa shape index (κ3) is 6.91. The highest BCUT2D eigenvalue weighted by atomic mass is 35.5. The quantitative estimate of drug-likeness (QED) is 0.328. The molecule has 1 aromatic heterocycles. The van der Waals surface area contributed by atoms with Gasteiger partial charge in [0.1, 0.15) is 11.4 Å². The van der Waals surface area contributed by atoms with E-state index < -0.39 is 27.9 Å². The number of ether oxygens (including phenoxy) is 2. The predicted octanol–water partition coefficient (Wildman–Crippen LogP) is 2.95. The molecule has 1 amide bonds. The Hall–Kier alpha value is -1.69. The Morgan fingerprint density at radius 3 is 2.64 bits per heavy atom. The second-order valence-corrected chi connectivity index (χ2v) is 11.4.